The minimum atomic E-state index is -4.33. The van der Waals surface area contributed by atoms with Crippen molar-refractivity contribution >= 4 is 32.7 Å². The van der Waals surface area contributed by atoms with E-state index in [0.29, 0.717) is 11.1 Å². The van der Waals surface area contributed by atoms with Gasteiger partial charge in [-0.15, -0.1) is 0 Å². The molecule has 3 aromatic rings. The normalized spacial score (nSPS) is 11.0. The molecule has 0 aliphatic carbocycles. The Labute approximate surface area is 165 Å². The molecule has 0 aliphatic rings. The van der Waals surface area contributed by atoms with E-state index in [1.165, 1.54) is 8.92 Å². The van der Waals surface area contributed by atoms with E-state index in [1.807, 2.05) is 43.3 Å². The second-order valence-electron chi connectivity index (χ2n) is 6.15. The zero-order chi connectivity index (χ0) is 20.0. The van der Waals surface area contributed by atoms with Gasteiger partial charge in [-0.05, 0) is 31.9 Å². The van der Waals surface area contributed by atoms with Crippen LogP contribution < -0.4 is 13.3 Å². The fourth-order valence-electron chi connectivity index (χ4n) is 2.83. The Hall–Kier alpha value is -2.11. The Morgan fingerprint density at radius 3 is 1.48 bits per heavy atom. The zero-order valence-electron chi connectivity index (χ0n) is 15.5. The topological polar surface area (TPSA) is 82.8 Å². The summed E-state index contributed by atoms with van der Waals surface area (Å²) in [5.41, 5.74) is 2.00. The number of aryl methyl sites for hydroxylation is 3. The quantitative estimate of drug-likeness (QED) is 0.485. The predicted octanol–water partition coefficient (Wildman–Crippen LogP) is 1.34. The summed E-state index contributed by atoms with van der Waals surface area (Å²) in [5.74, 6) is 0. The minimum absolute atomic E-state index is 0.0851. The average molecular weight is 448 g/mol. The van der Waals surface area contributed by atoms with Gasteiger partial charge in [0.05, 0.1) is 4.90 Å². The molecule has 4 nitrogen and oxygen atoms in total. The molecule has 0 atom stereocenters. The molecule has 0 fully saturated rings. The van der Waals surface area contributed by atoms with Crippen LogP contribution in [0.15, 0.2) is 77.7 Å². The van der Waals surface area contributed by atoms with Crippen LogP contribution in [0.2, 0.25) is 0 Å². The Morgan fingerprint density at radius 2 is 1.15 bits per heavy atom. The van der Waals surface area contributed by atoms with Gasteiger partial charge in [0, 0.05) is 0 Å². The maximum atomic E-state index is 10.8. The number of rotatable bonds is 3. The van der Waals surface area contributed by atoms with Crippen LogP contribution >= 0.6 is 0 Å². The third-order valence-electron chi connectivity index (χ3n) is 3.85. The van der Waals surface area contributed by atoms with Crippen molar-refractivity contribution in [3.63, 3.8) is 0 Å². The third kappa shape index (κ3) is 5.94. The van der Waals surface area contributed by atoms with Crippen molar-refractivity contribution in [2.75, 3.05) is 0 Å². The molecule has 0 bridgehead atoms. The number of hydrogen-bond acceptors (Lipinski definition) is 3. The van der Waals surface area contributed by atoms with Crippen molar-refractivity contribution < 1.29 is 17.3 Å². The van der Waals surface area contributed by atoms with Crippen LogP contribution in [0.25, 0.3) is 0 Å². The molecule has 0 saturated heterocycles. The summed E-state index contributed by atoms with van der Waals surface area (Å²) >= 11 is -1.28. The molecule has 0 aliphatic heterocycles. The number of benzene rings is 3. The molecule has 0 amide bonds. The predicted molar refractivity (Wildman–Crippen MR) is 108 cm³/mol. The van der Waals surface area contributed by atoms with Gasteiger partial charge in [0.2, 0.25) is 0 Å². The van der Waals surface area contributed by atoms with Gasteiger partial charge in [-0.3, -0.25) is 0 Å². The van der Waals surface area contributed by atoms with Crippen molar-refractivity contribution in [3.8, 4) is 0 Å². The summed E-state index contributed by atoms with van der Waals surface area (Å²) in [7, 11) is -4.33. The van der Waals surface area contributed by atoms with Gasteiger partial charge < -0.3 is 4.55 Å². The summed E-state index contributed by atoms with van der Waals surface area (Å²) in [6.45, 7) is 5.12. The first-order chi connectivity index (χ1) is 12.7. The molecule has 0 saturated carbocycles. The van der Waals surface area contributed by atoms with Crippen LogP contribution in [0.3, 0.4) is 0 Å². The fourth-order valence-corrected chi connectivity index (χ4v) is 6.20. The molecule has 2 N–H and O–H groups in total. The van der Waals surface area contributed by atoms with Crippen molar-refractivity contribution in [2.45, 2.75) is 25.7 Å². The maximum absolute atomic E-state index is 10.8. The first-order valence-corrected chi connectivity index (χ1v) is 12.4. The van der Waals surface area contributed by atoms with Crippen molar-refractivity contribution in [3.05, 3.63) is 89.5 Å². The van der Waals surface area contributed by atoms with Gasteiger partial charge in [-0.1, -0.05) is 17.7 Å². The molecule has 3 rings (SSSR count). The second-order valence-corrected chi connectivity index (χ2v) is 10.9. The van der Waals surface area contributed by atoms with Gasteiger partial charge in [-0.25, -0.2) is 8.42 Å². The SMILES string of the molecule is Cc1cc(C)c(S(=O)(=O)[O-])c(C)c1.[NH2+]=[Se](c1ccccc1)c1ccccc1. The number of nitrogens with two attached hydrogens (primary N) is 1. The van der Waals surface area contributed by atoms with Gasteiger partial charge in [0.1, 0.15) is 10.1 Å². The standard InChI is InChI=1S/C12H11NSe.C9H12O3S/c13-14(11-7-3-1-4-8-11)12-9-5-2-6-10-12;1-6-4-7(2)9(8(3)5-6)13(10,11)12/h1-10,13H;4-5H,1-3H3,(H,10,11,12). The van der Waals surface area contributed by atoms with E-state index in [9.17, 15) is 13.0 Å². The molecular weight excluding hydrogens is 425 g/mol. The Bertz CT molecular complexity index is 969. The molecule has 0 spiro atoms. The van der Waals surface area contributed by atoms with Crippen LogP contribution in [-0.2, 0) is 10.1 Å². The van der Waals surface area contributed by atoms with Gasteiger partial charge in [0.25, 0.3) is 0 Å². The van der Waals surface area contributed by atoms with Crippen LogP contribution in [0.5, 0.6) is 0 Å². The van der Waals surface area contributed by atoms with E-state index in [-0.39, 0.29) is 4.90 Å². The monoisotopic (exact) mass is 449 g/mol. The van der Waals surface area contributed by atoms with E-state index in [0.717, 1.165) is 5.56 Å². The second kappa shape index (κ2) is 9.20. The van der Waals surface area contributed by atoms with E-state index < -0.39 is 23.8 Å². The summed E-state index contributed by atoms with van der Waals surface area (Å²) in [4.78, 5) is -0.0851. The molecule has 0 heterocycles. The first-order valence-electron chi connectivity index (χ1n) is 8.32. The summed E-state index contributed by atoms with van der Waals surface area (Å²) in [6, 6.07) is 24.0. The molecule has 27 heavy (non-hydrogen) atoms. The summed E-state index contributed by atoms with van der Waals surface area (Å²) in [5, 5.41) is 0. The molecule has 6 heteroatoms. The Kier molecular flexibility index (Phi) is 7.22. The van der Waals surface area contributed by atoms with Crippen molar-refractivity contribution in [2.24, 2.45) is 0 Å². The molecular formula is C21H23NO3SSe. The van der Waals surface area contributed by atoms with Gasteiger partial charge >= 0.3 is 87.7 Å². The third-order valence-corrected chi connectivity index (χ3v) is 8.27. The van der Waals surface area contributed by atoms with Crippen LogP contribution in [0.4, 0.5) is 0 Å². The van der Waals surface area contributed by atoms with Gasteiger partial charge in [0.15, 0.2) is 0 Å². The van der Waals surface area contributed by atoms with Crippen LogP contribution in [-0.4, -0.2) is 26.7 Å². The fraction of sp³-hybridized carbons (Fsp3) is 0.143. The van der Waals surface area contributed by atoms with E-state index in [4.69, 9.17) is 4.38 Å². The summed E-state index contributed by atoms with van der Waals surface area (Å²) in [6.07, 6.45) is 0. The Balaban J connectivity index is 0.000000194. The molecule has 3 aromatic carbocycles. The Morgan fingerprint density at radius 1 is 0.778 bits per heavy atom. The van der Waals surface area contributed by atoms with Crippen molar-refractivity contribution in [1.82, 2.24) is 0 Å². The van der Waals surface area contributed by atoms with Gasteiger partial charge in [-0.2, -0.15) is 0 Å². The molecule has 0 aromatic heterocycles. The van der Waals surface area contributed by atoms with Crippen LogP contribution in [0, 0.1) is 20.8 Å². The molecule has 142 valence electrons. The van der Waals surface area contributed by atoms with E-state index in [1.54, 1.807) is 26.0 Å². The first kappa shape index (κ1) is 21.2. The van der Waals surface area contributed by atoms with E-state index >= 15 is 0 Å². The van der Waals surface area contributed by atoms with E-state index in [2.05, 4.69) is 24.3 Å². The molecule has 0 radical (unpaired) electrons. The summed E-state index contributed by atoms with van der Waals surface area (Å²) < 4.78 is 41.3. The zero-order valence-corrected chi connectivity index (χ0v) is 18.1. The average Bonchev–Trinajstić information content (AvgIpc) is 2.61. The number of hydrogen-bond donors (Lipinski definition) is 1. The van der Waals surface area contributed by atoms with Crippen LogP contribution in [0.1, 0.15) is 16.7 Å². The molecule has 0 unspecified atom stereocenters. The van der Waals surface area contributed by atoms with Crippen molar-refractivity contribution in [1.29, 1.82) is 0 Å².